The van der Waals surface area contributed by atoms with Crippen LogP contribution < -0.4 is 0 Å². The minimum atomic E-state index is 0. The Labute approximate surface area is 61.4 Å². The summed E-state index contributed by atoms with van der Waals surface area (Å²) >= 11 is 0. The van der Waals surface area contributed by atoms with Crippen molar-refractivity contribution in [1.82, 2.24) is 0 Å². The van der Waals surface area contributed by atoms with Gasteiger partial charge in [-0.15, -0.1) is 0 Å². The topological polar surface area (TPSA) is 9.23 Å². The van der Waals surface area contributed by atoms with Gasteiger partial charge in [-0.05, 0) is 19.3 Å². The Morgan fingerprint density at radius 3 is 1.57 bits per heavy atom. The molecular weight excluding hydrogens is 195 g/mol. The molecule has 0 saturated carbocycles. The van der Waals surface area contributed by atoms with Crippen molar-refractivity contribution in [3.05, 3.63) is 0 Å². The summed E-state index contributed by atoms with van der Waals surface area (Å²) in [4.78, 5) is 0. The number of ether oxygens (including phenoxy) is 1. The molecule has 0 aromatic carbocycles. The molecule has 0 radical (unpaired) electrons. The third-order valence-corrected chi connectivity index (χ3v) is 1.08. The number of rotatable bonds is 0. The predicted molar refractivity (Wildman–Crippen MR) is 36.0 cm³/mol. The SMILES string of the molecule is C1CCOCC1.[SnH4]. The van der Waals surface area contributed by atoms with E-state index in [1.165, 1.54) is 19.3 Å². The molecule has 0 N–H and O–H groups in total. The summed E-state index contributed by atoms with van der Waals surface area (Å²) in [6.45, 7) is 2.00. The van der Waals surface area contributed by atoms with Crippen LogP contribution in [0.5, 0.6) is 0 Å². The molecule has 0 atom stereocenters. The summed E-state index contributed by atoms with van der Waals surface area (Å²) in [7, 11) is 0. The normalized spacial score (nSPS) is 20.6. The van der Waals surface area contributed by atoms with Crippen LogP contribution in [0.25, 0.3) is 0 Å². The van der Waals surface area contributed by atoms with Crippen molar-refractivity contribution in [2.24, 2.45) is 0 Å². The van der Waals surface area contributed by atoms with Gasteiger partial charge in [-0.1, -0.05) is 0 Å². The van der Waals surface area contributed by atoms with Gasteiger partial charge < -0.3 is 4.74 Å². The molecule has 1 heterocycles. The van der Waals surface area contributed by atoms with E-state index in [-0.39, 0.29) is 23.9 Å². The molecule has 44 valence electrons. The summed E-state index contributed by atoms with van der Waals surface area (Å²) in [5, 5.41) is 0. The molecule has 0 spiro atoms. The summed E-state index contributed by atoms with van der Waals surface area (Å²) in [5.41, 5.74) is 0. The van der Waals surface area contributed by atoms with Gasteiger partial charge in [0.15, 0.2) is 0 Å². The molecule has 0 aliphatic carbocycles. The fourth-order valence-corrected chi connectivity index (χ4v) is 0.687. The second-order valence-corrected chi connectivity index (χ2v) is 1.67. The number of hydrogen-bond acceptors (Lipinski definition) is 1. The van der Waals surface area contributed by atoms with Crippen LogP contribution in [0.2, 0.25) is 0 Å². The molecule has 0 aromatic rings. The van der Waals surface area contributed by atoms with Gasteiger partial charge in [0.25, 0.3) is 0 Å². The van der Waals surface area contributed by atoms with E-state index in [2.05, 4.69) is 0 Å². The summed E-state index contributed by atoms with van der Waals surface area (Å²) < 4.78 is 5.07. The van der Waals surface area contributed by atoms with Crippen molar-refractivity contribution in [2.45, 2.75) is 19.3 Å². The first-order valence-electron chi connectivity index (χ1n) is 2.58. The van der Waals surface area contributed by atoms with Crippen LogP contribution in [-0.2, 0) is 4.74 Å². The van der Waals surface area contributed by atoms with Crippen molar-refractivity contribution in [1.29, 1.82) is 0 Å². The van der Waals surface area contributed by atoms with Crippen LogP contribution >= 0.6 is 0 Å². The second-order valence-electron chi connectivity index (χ2n) is 1.67. The van der Waals surface area contributed by atoms with Gasteiger partial charge in [0, 0.05) is 13.2 Å². The van der Waals surface area contributed by atoms with Crippen LogP contribution in [0.3, 0.4) is 0 Å². The third-order valence-electron chi connectivity index (χ3n) is 1.08. The average molecular weight is 209 g/mol. The van der Waals surface area contributed by atoms with Crippen molar-refractivity contribution < 1.29 is 4.74 Å². The fraction of sp³-hybridized carbons (Fsp3) is 1.00. The van der Waals surface area contributed by atoms with Crippen molar-refractivity contribution in [3.8, 4) is 0 Å². The van der Waals surface area contributed by atoms with Crippen molar-refractivity contribution in [3.63, 3.8) is 0 Å². The van der Waals surface area contributed by atoms with E-state index < -0.39 is 0 Å². The molecule has 0 unspecified atom stereocenters. The first-order valence-corrected chi connectivity index (χ1v) is 2.58. The monoisotopic (exact) mass is 210 g/mol. The molecule has 7 heavy (non-hydrogen) atoms. The van der Waals surface area contributed by atoms with E-state index in [9.17, 15) is 0 Å². The van der Waals surface area contributed by atoms with Crippen LogP contribution in [0.1, 0.15) is 19.3 Å². The van der Waals surface area contributed by atoms with Crippen molar-refractivity contribution in [2.75, 3.05) is 13.2 Å². The van der Waals surface area contributed by atoms with Crippen LogP contribution in [0.15, 0.2) is 0 Å². The molecular formula is C5H14OSn. The van der Waals surface area contributed by atoms with E-state index in [4.69, 9.17) is 4.74 Å². The molecule has 0 bridgehead atoms. The molecule has 0 aromatic heterocycles. The molecule has 1 saturated heterocycles. The van der Waals surface area contributed by atoms with Crippen LogP contribution in [0, 0.1) is 0 Å². The zero-order chi connectivity index (χ0) is 4.24. The Hall–Kier alpha value is 0.759. The van der Waals surface area contributed by atoms with E-state index in [1.807, 2.05) is 0 Å². The average Bonchev–Trinajstić information content (AvgIpc) is 1.72. The minimum absolute atomic E-state index is 0. The quantitative estimate of drug-likeness (QED) is 0.499. The van der Waals surface area contributed by atoms with Gasteiger partial charge in [0.2, 0.25) is 0 Å². The Balaban J connectivity index is 0.000000360. The zero-order valence-electron chi connectivity index (χ0n) is 3.94. The summed E-state index contributed by atoms with van der Waals surface area (Å²) in [6.07, 6.45) is 3.93. The fourth-order valence-electron chi connectivity index (χ4n) is 0.687. The predicted octanol–water partition coefficient (Wildman–Crippen LogP) is -0.265. The Morgan fingerprint density at radius 1 is 0.857 bits per heavy atom. The second kappa shape index (κ2) is 4.91. The Bertz CT molecular complexity index is 23.6. The van der Waals surface area contributed by atoms with Gasteiger partial charge in [0.05, 0.1) is 0 Å². The molecule has 1 fully saturated rings. The Kier molecular flexibility index (Phi) is 5.44. The molecule has 0 amide bonds. The molecule has 1 aliphatic rings. The van der Waals surface area contributed by atoms with Crippen LogP contribution in [-0.4, -0.2) is 37.1 Å². The van der Waals surface area contributed by atoms with Gasteiger partial charge in [-0.25, -0.2) is 0 Å². The van der Waals surface area contributed by atoms with Gasteiger partial charge in [-0.2, -0.15) is 0 Å². The van der Waals surface area contributed by atoms with E-state index in [1.54, 1.807) is 0 Å². The molecule has 1 nitrogen and oxygen atoms in total. The van der Waals surface area contributed by atoms with Gasteiger partial charge in [0.1, 0.15) is 0 Å². The Morgan fingerprint density at radius 2 is 1.43 bits per heavy atom. The maximum atomic E-state index is 5.07. The number of hydrogen-bond donors (Lipinski definition) is 0. The van der Waals surface area contributed by atoms with Crippen molar-refractivity contribution >= 4 is 23.9 Å². The molecule has 1 aliphatic heterocycles. The third kappa shape index (κ3) is 3.35. The standard InChI is InChI=1S/C5H10O.Sn.4H/c1-2-4-6-5-3-1;;;;;/h1-5H2;;;;;. The molecule has 1 rings (SSSR count). The van der Waals surface area contributed by atoms with Crippen LogP contribution in [0.4, 0.5) is 0 Å². The van der Waals surface area contributed by atoms with E-state index in [0.717, 1.165) is 13.2 Å². The van der Waals surface area contributed by atoms with E-state index in [0.29, 0.717) is 0 Å². The van der Waals surface area contributed by atoms with Gasteiger partial charge >= 0.3 is 23.9 Å². The summed E-state index contributed by atoms with van der Waals surface area (Å²) in [5.74, 6) is 0. The summed E-state index contributed by atoms with van der Waals surface area (Å²) in [6, 6.07) is 0. The first-order chi connectivity index (χ1) is 3.00. The van der Waals surface area contributed by atoms with Gasteiger partial charge in [-0.3, -0.25) is 0 Å². The first kappa shape index (κ1) is 7.76. The molecule has 2 heteroatoms. The zero-order valence-corrected chi connectivity index (χ0v) is 3.94. The maximum absolute atomic E-state index is 5.07. The van der Waals surface area contributed by atoms with E-state index >= 15 is 0 Å².